The van der Waals surface area contributed by atoms with Crippen LogP contribution >= 0.6 is 0 Å². The number of fused-ring (bicyclic) bond motifs is 3. The maximum atomic E-state index is 4.83. The van der Waals surface area contributed by atoms with Crippen molar-refractivity contribution in [3.05, 3.63) is 65.6 Å². The summed E-state index contributed by atoms with van der Waals surface area (Å²) in [6.45, 7) is 4.24. The number of hydrogen-bond acceptors (Lipinski definition) is 3. The molecule has 5 rings (SSSR count). The Labute approximate surface area is 158 Å². The van der Waals surface area contributed by atoms with Gasteiger partial charge in [-0.05, 0) is 49.9 Å². The number of pyridine rings is 1. The maximum Gasteiger partial charge on any atom is 0.137 e. The Morgan fingerprint density at radius 1 is 1.04 bits per heavy atom. The van der Waals surface area contributed by atoms with E-state index in [9.17, 15) is 0 Å². The second-order valence-corrected chi connectivity index (χ2v) is 7.51. The van der Waals surface area contributed by atoms with Crippen LogP contribution in [0.1, 0.15) is 16.8 Å². The topological polar surface area (TPSA) is 38.9 Å². The van der Waals surface area contributed by atoms with Crippen LogP contribution in [0.15, 0.2) is 48.8 Å². The largest absolute Gasteiger partial charge is 0.302 e. The third-order valence-electron chi connectivity index (χ3n) is 5.59. The van der Waals surface area contributed by atoms with Gasteiger partial charge in [0.05, 0.1) is 11.2 Å². The lowest BCUT2D eigenvalue weighted by Crippen LogP contribution is -2.27. The Kier molecular flexibility index (Phi) is 3.65. The Balaban J connectivity index is 1.68. The minimum atomic E-state index is 0.987. The summed E-state index contributed by atoms with van der Waals surface area (Å²) in [5.74, 6) is 0.987. The van der Waals surface area contributed by atoms with E-state index in [0.29, 0.717) is 0 Å². The van der Waals surface area contributed by atoms with E-state index in [1.807, 2.05) is 30.2 Å². The third-order valence-corrected chi connectivity index (χ3v) is 5.59. The van der Waals surface area contributed by atoms with E-state index in [1.54, 1.807) is 0 Å². The molecule has 0 fully saturated rings. The molecule has 5 heteroatoms. The van der Waals surface area contributed by atoms with Crippen LogP contribution in [0.5, 0.6) is 0 Å². The first-order valence-corrected chi connectivity index (χ1v) is 9.38. The van der Waals surface area contributed by atoms with Gasteiger partial charge in [-0.3, -0.25) is 9.25 Å². The van der Waals surface area contributed by atoms with Gasteiger partial charge in [-0.2, -0.15) is 5.10 Å². The van der Waals surface area contributed by atoms with E-state index in [2.05, 4.69) is 58.9 Å². The predicted octanol–water partition coefficient (Wildman–Crippen LogP) is 3.72. The highest BCUT2D eigenvalue weighted by atomic mass is 15.3. The van der Waals surface area contributed by atoms with E-state index in [-0.39, 0.29) is 0 Å². The van der Waals surface area contributed by atoms with Crippen LogP contribution in [0.2, 0.25) is 0 Å². The molecule has 0 atom stereocenters. The molecular weight excluding hydrogens is 334 g/mol. The van der Waals surface area contributed by atoms with Crippen LogP contribution in [-0.4, -0.2) is 37.8 Å². The highest BCUT2D eigenvalue weighted by molar-refractivity contribution is 5.88. The smallest absolute Gasteiger partial charge is 0.137 e. The monoisotopic (exact) mass is 357 g/mol. The van der Waals surface area contributed by atoms with Gasteiger partial charge in [0.1, 0.15) is 5.82 Å². The number of nitrogens with zero attached hydrogens (tertiary/aromatic N) is 5. The summed E-state index contributed by atoms with van der Waals surface area (Å²) in [6, 6.07) is 13.0. The number of hydrogen-bond donors (Lipinski definition) is 0. The number of aryl methyl sites for hydroxylation is 2. The molecule has 0 spiro atoms. The fraction of sp³-hybridized carbons (Fsp3) is 0.273. The van der Waals surface area contributed by atoms with E-state index >= 15 is 0 Å². The second kappa shape index (κ2) is 6.06. The predicted molar refractivity (Wildman–Crippen MR) is 108 cm³/mol. The van der Waals surface area contributed by atoms with E-state index in [0.717, 1.165) is 36.6 Å². The quantitative estimate of drug-likeness (QED) is 0.549. The molecule has 0 saturated heterocycles. The highest BCUT2D eigenvalue weighted by Gasteiger charge is 2.23. The van der Waals surface area contributed by atoms with Crippen molar-refractivity contribution < 1.29 is 0 Å². The fourth-order valence-corrected chi connectivity index (χ4v) is 4.20. The normalized spacial score (nSPS) is 14.6. The molecule has 4 aromatic rings. The summed E-state index contributed by atoms with van der Waals surface area (Å²) in [7, 11) is 4.15. The van der Waals surface area contributed by atoms with Gasteiger partial charge in [-0.25, -0.2) is 4.98 Å². The zero-order chi connectivity index (χ0) is 18.5. The molecule has 0 unspecified atom stereocenters. The first kappa shape index (κ1) is 16.3. The van der Waals surface area contributed by atoms with Gasteiger partial charge >= 0.3 is 0 Å². The van der Waals surface area contributed by atoms with Crippen molar-refractivity contribution in [3.63, 3.8) is 0 Å². The van der Waals surface area contributed by atoms with Gasteiger partial charge in [-0.1, -0.05) is 11.6 Å². The highest BCUT2D eigenvalue weighted by Crippen LogP contribution is 2.33. The van der Waals surface area contributed by atoms with Crippen molar-refractivity contribution >= 4 is 10.9 Å². The molecule has 1 aromatic carbocycles. The average molecular weight is 357 g/mol. The molecule has 0 aliphatic carbocycles. The number of aromatic nitrogens is 4. The molecule has 4 heterocycles. The molecule has 1 aliphatic heterocycles. The number of rotatable bonds is 2. The Morgan fingerprint density at radius 3 is 2.67 bits per heavy atom. The molecule has 0 bridgehead atoms. The molecule has 0 saturated carbocycles. The van der Waals surface area contributed by atoms with Crippen molar-refractivity contribution in [2.75, 3.05) is 13.6 Å². The Morgan fingerprint density at radius 2 is 1.93 bits per heavy atom. The second-order valence-electron chi connectivity index (χ2n) is 7.51. The molecule has 0 radical (unpaired) electrons. The summed E-state index contributed by atoms with van der Waals surface area (Å²) >= 11 is 0. The van der Waals surface area contributed by atoms with E-state index in [1.165, 1.54) is 27.7 Å². The maximum absolute atomic E-state index is 4.83. The van der Waals surface area contributed by atoms with Crippen molar-refractivity contribution in [1.82, 2.24) is 24.2 Å². The average Bonchev–Trinajstić information content (AvgIpc) is 3.23. The zero-order valence-electron chi connectivity index (χ0n) is 16.0. The molecule has 0 amide bonds. The minimum absolute atomic E-state index is 0.987. The minimum Gasteiger partial charge on any atom is -0.302 e. The SMILES string of the molecule is Cc1ccc2c(c1)c1c(n2-c2ccc(-c3ccnn3C)cn2)CCN(C)C1. The summed E-state index contributed by atoms with van der Waals surface area (Å²) in [6.07, 6.45) is 4.82. The summed E-state index contributed by atoms with van der Waals surface area (Å²) in [4.78, 5) is 7.22. The number of likely N-dealkylation sites (N-methyl/N-ethyl adjacent to an activating group) is 1. The van der Waals surface area contributed by atoms with E-state index in [4.69, 9.17) is 4.98 Å². The summed E-state index contributed by atoms with van der Waals surface area (Å²) < 4.78 is 4.23. The van der Waals surface area contributed by atoms with E-state index < -0.39 is 0 Å². The lowest BCUT2D eigenvalue weighted by Gasteiger charge is -2.24. The third kappa shape index (κ3) is 2.58. The lowest BCUT2D eigenvalue weighted by molar-refractivity contribution is 0.311. The molecule has 3 aromatic heterocycles. The molecular formula is C22H23N5. The van der Waals surface area contributed by atoms with Gasteiger partial charge in [0, 0.05) is 55.6 Å². The standard InChI is InChI=1S/C22H23N5/c1-15-4-6-20-17(12-15)18-14-25(2)11-9-21(18)27(20)22-7-5-16(13-23-22)19-8-10-24-26(19)3/h4-8,10,12-13H,9,11,14H2,1-3H3. The van der Waals surface area contributed by atoms with Gasteiger partial charge < -0.3 is 4.90 Å². The molecule has 5 nitrogen and oxygen atoms in total. The van der Waals surface area contributed by atoms with Crippen LogP contribution in [0.25, 0.3) is 28.0 Å². The van der Waals surface area contributed by atoms with Crippen molar-refractivity contribution in [2.45, 2.75) is 19.9 Å². The fourth-order valence-electron chi connectivity index (χ4n) is 4.20. The van der Waals surface area contributed by atoms with Crippen LogP contribution < -0.4 is 0 Å². The lowest BCUT2D eigenvalue weighted by atomic mass is 10.0. The Bertz CT molecular complexity index is 1130. The zero-order valence-corrected chi connectivity index (χ0v) is 16.0. The van der Waals surface area contributed by atoms with Crippen LogP contribution in [-0.2, 0) is 20.0 Å². The molecule has 136 valence electrons. The van der Waals surface area contributed by atoms with Gasteiger partial charge in [0.2, 0.25) is 0 Å². The molecule has 27 heavy (non-hydrogen) atoms. The molecule has 1 aliphatic rings. The van der Waals surface area contributed by atoms with Crippen LogP contribution in [0.4, 0.5) is 0 Å². The van der Waals surface area contributed by atoms with Crippen LogP contribution in [0.3, 0.4) is 0 Å². The van der Waals surface area contributed by atoms with Crippen molar-refractivity contribution in [1.29, 1.82) is 0 Å². The number of benzene rings is 1. The Hall–Kier alpha value is -2.92. The van der Waals surface area contributed by atoms with Crippen molar-refractivity contribution in [3.8, 4) is 17.1 Å². The van der Waals surface area contributed by atoms with Gasteiger partial charge in [0.25, 0.3) is 0 Å². The summed E-state index contributed by atoms with van der Waals surface area (Å²) in [5.41, 5.74) is 7.55. The first-order chi connectivity index (χ1) is 13.1. The van der Waals surface area contributed by atoms with Gasteiger partial charge in [-0.15, -0.1) is 0 Å². The summed E-state index contributed by atoms with van der Waals surface area (Å²) in [5, 5.41) is 5.61. The van der Waals surface area contributed by atoms with Gasteiger partial charge in [0.15, 0.2) is 0 Å². The molecule has 0 N–H and O–H groups in total. The first-order valence-electron chi connectivity index (χ1n) is 9.38. The van der Waals surface area contributed by atoms with Crippen LogP contribution in [0, 0.1) is 6.92 Å². The van der Waals surface area contributed by atoms with Crippen molar-refractivity contribution in [2.24, 2.45) is 7.05 Å².